The average molecular weight is 320 g/mol. The second kappa shape index (κ2) is 7.70. The summed E-state index contributed by atoms with van der Waals surface area (Å²) in [7, 11) is 0. The maximum absolute atomic E-state index is 12.3. The normalized spacial score (nSPS) is 16.7. The van der Waals surface area contributed by atoms with Gasteiger partial charge in [0.15, 0.2) is 5.78 Å². The van der Waals surface area contributed by atoms with E-state index in [9.17, 15) is 36.2 Å². The van der Waals surface area contributed by atoms with E-state index in [4.69, 9.17) is 0 Å². The molecule has 0 aliphatic heterocycles. The van der Waals surface area contributed by atoms with Gasteiger partial charge >= 0.3 is 12.4 Å². The topological polar surface area (TPSA) is 37.3 Å². The minimum atomic E-state index is -4.55. The van der Waals surface area contributed by atoms with E-state index in [0.29, 0.717) is 6.08 Å². The van der Waals surface area contributed by atoms with Gasteiger partial charge in [0.25, 0.3) is 0 Å². The third-order valence-electron chi connectivity index (χ3n) is 3.05. The number of aliphatic hydroxyl groups is 1. The number of hydrogen-bond donors (Lipinski definition) is 1. The molecule has 0 aromatic carbocycles. The van der Waals surface area contributed by atoms with Crippen molar-refractivity contribution in [3.05, 3.63) is 11.8 Å². The number of hydrogen-bond acceptors (Lipinski definition) is 2. The van der Waals surface area contributed by atoms with Crippen molar-refractivity contribution in [2.24, 2.45) is 11.8 Å². The predicted octanol–water partition coefficient (Wildman–Crippen LogP) is 4.95. The van der Waals surface area contributed by atoms with Crippen molar-refractivity contribution in [1.82, 2.24) is 0 Å². The van der Waals surface area contributed by atoms with Crippen LogP contribution in [0.4, 0.5) is 26.3 Å². The summed E-state index contributed by atoms with van der Waals surface area (Å²) in [5, 5.41) is 9.54. The summed E-state index contributed by atoms with van der Waals surface area (Å²) in [6, 6.07) is 0. The highest BCUT2D eigenvalue weighted by Gasteiger charge is 2.35. The number of halogens is 6. The van der Waals surface area contributed by atoms with Gasteiger partial charge in [-0.25, -0.2) is 0 Å². The van der Waals surface area contributed by atoms with Crippen LogP contribution in [0.1, 0.15) is 39.5 Å². The predicted molar refractivity (Wildman–Crippen MR) is 64.6 cm³/mol. The first-order valence-electron chi connectivity index (χ1n) is 6.47. The Morgan fingerprint density at radius 1 is 0.952 bits per heavy atom. The van der Waals surface area contributed by atoms with Crippen molar-refractivity contribution in [3.8, 4) is 0 Å². The molecule has 0 rings (SSSR count). The fourth-order valence-electron chi connectivity index (χ4n) is 1.84. The molecule has 0 spiro atoms. The first-order chi connectivity index (χ1) is 9.39. The second-order valence-corrected chi connectivity index (χ2v) is 4.82. The first-order valence-corrected chi connectivity index (χ1v) is 6.47. The van der Waals surface area contributed by atoms with Crippen molar-refractivity contribution >= 4 is 5.78 Å². The Balaban J connectivity index is 4.96. The number of allylic oxidation sites excluding steroid dienone is 2. The van der Waals surface area contributed by atoms with Gasteiger partial charge < -0.3 is 5.11 Å². The summed E-state index contributed by atoms with van der Waals surface area (Å²) in [4.78, 5) is 11.6. The largest absolute Gasteiger partial charge is 0.512 e. The lowest BCUT2D eigenvalue weighted by Gasteiger charge is -2.18. The van der Waals surface area contributed by atoms with E-state index in [0.717, 1.165) is 0 Å². The number of carbonyl (C=O) groups excluding carboxylic acids is 1. The van der Waals surface area contributed by atoms with Gasteiger partial charge in [-0.1, -0.05) is 13.8 Å². The minimum Gasteiger partial charge on any atom is -0.512 e. The third kappa shape index (κ3) is 8.62. The minimum absolute atomic E-state index is 0.0782. The standard InChI is InChI=1S/C13H18F6O2/c1-3-8(6-12(14,15)16)10(20)5-11(21)9(4-2)7-13(17,18)19/h5,8-9,20H,3-4,6-7H2,1-2H3. The number of carbonyl (C=O) groups is 1. The van der Waals surface area contributed by atoms with Gasteiger partial charge in [0.1, 0.15) is 0 Å². The number of alkyl halides is 6. The first kappa shape index (κ1) is 19.8. The quantitative estimate of drug-likeness (QED) is 0.409. The smallest absolute Gasteiger partial charge is 0.389 e. The highest BCUT2D eigenvalue weighted by atomic mass is 19.4. The van der Waals surface area contributed by atoms with E-state index in [1.165, 1.54) is 13.8 Å². The van der Waals surface area contributed by atoms with Crippen molar-refractivity contribution in [2.45, 2.75) is 51.9 Å². The Morgan fingerprint density at radius 3 is 1.67 bits per heavy atom. The summed E-state index contributed by atoms with van der Waals surface area (Å²) in [5.41, 5.74) is 0. The molecule has 0 bridgehead atoms. The molecule has 0 saturated heterocycles. The molecule has 124 valence electrons. The summed E-state index contributed by atoms with van der Waals surface area (Å²) < 4.78 is 73.6. The molecular weight excluding hydrogens is 302 g/mol. The zero-order chi connectivity index (χ0) is 16.8. The van der Waals surface area contributed by atoms with Crippen molar-refractivity contribution in [2.75, 3.05) is 0 Å². The van der Waals surface area contributed by atoms with E-state index in [1.54, 1.807) is 0 Å². The highest BCUT2D eigenvalue weighted by molar-refractivity contribution is 5.92. The Bertz CT molecular complexity index is 370. The Morgan fingerprint density at radius 2 is 1.33 bits per heavy atom. The maximum Gasteiger partial charge on any atom is 0.389 e. The summed E-state index contributed by atoms with van der Waals surface area (Å²) in [6.45, 7) is 2.75. The van der Waals surface area contributed by atoms with E-state index in [2.05, 4.69) is 0 Å². The average Bonchev–Trinajstić information content (AvgIpc) is 2.30. The number of ketones is 1. The summed E-state index contributed by atoms with van der Waals surface area (Å²) in [5.74, 6) is -4.54. The Hall–Kier alpha value is -1.21. The van der Waals surface area contributed by atoms with Gasteiger partial charge in [0.2, 0.25) is 0 Å². The molecule has 0 radical (unpaired) electrons. The molecule has 0 heterocycles. The van der Waals surface area contributed by atoms with Gasteiger partial charge in [0, 0.05) is 17.9 Å². The molecule has 0 saturated carbocycles. The van der Waals surface area contributed by atoms with E-state index in [1.807, 2.05) is 0 Å². The fraction of sp³-hybridized carbons (Fsp3) is 0.769. The summed E-state index contributed by atoms with van der Waals surface area (Å²) in [6.07, 6.45) is -11.4. The zero-order valence-electron chi connectivity index (χ0n) is 11.7. The van der Waals surface area contributed by atoms with E-state index in [-0.39, 0.29) is 12.8 Å². The van der Waals surface area contributed by atoms with Crippen LogP contribution in [-0.2, 0) is 4.79 Å². The number of rotatable bonds is 7. The lowest BCUT2D eigenvalue weighted by atomic mass is 9.93. The molecule has 0 aromatic rings. The number of aliphatic hydroxyl groups excluding tert-OH is 1. The van der Waals surface area contributed by atoms with Crippen LogP contribution in [0.5, 0.6) is 0 Å². The van der Waals surface area contributed by atoms with Crippen LogP contribution in [0.15, 0.2) is 11.8 Å². The zero-order valence-corrected chi connectivity index (χ0v) is 11.7. The van der Waals surface area contributed by atoms with Crippen LogP contribution >= 0.6 is 0 Å². The molecule has 2 atom stereocenters. The molecule has 0 aliphatic rings. The van der Waals surface area contributed by atoms with E-state index < -0.39 is 48.6 Å². The molecule has 2 nitrogen and oxygen atoms in total. The second-order valence-electron chi connectivity index (χ2n) is 4.82. The van der Waals surface area contributed by atoms with Crippen LogP contribution in [0.25, 0.3) is 0 Å². The van der Waals surface area contributed by atoms with Crippen molar-refractivity contribution in [1.29, 1.82) is 0 Å². The molecular formula is C13H18F6O2. The SMILES string of the molecule is CCC(CC(F)(F)F)C(=O)C=C(O)C(CC)CC(F)(F)F. The molecule has 2 unspecified atom stereocenters. The molecule has 21 heavy (non-hydrogen) atoms. The van der Waals surface area contributed by atoms with Crippen LogP contribution in [0, 0.1) is 11.8 Å². The molecule has 0 aliphatic carbocycles. The van der Waals surface area contributed by atoms with Crippen LogP contribution in [0.2, 0.25) is 0 Å². The molecule has 0 amide bonds. The van der Waals surface area contributed by atoms with Gasteiger partial charge in [-0.3, -0.25) is 4.79 Å². The lowest BCUT2D eigenvalue weighted by Crippen LogP contribution is -2.22. The van der Waals surface area contributed by atoms with E-state index >= 15 is 0 Å². The van der Waals surface area contributed by atoms with Crippen LogP contribution in [0.3, 0.4) is 0 Å². The Kier molecular flexibility index (Phi) is 7.26. The van der Waals surface area contributed by atoms with Crippen LogP contribution in [-0.4, -0.2) is 23.2 Å². The lowest BCUT2D eigenvalue weighted by molar-refractivity contribution is -0.151. The monoisotopic (exact) mass is 320 g/mol. The summed E-state index contributed by atoms with van der Waals surface area (Å²) >= 11 is 0. The van der Waals surface area contributed by atoms with Gasteiger partial charge in [-0.05, 0) is 12.8 Å². The molecule has 0 fully saturated rings. The maximum atomic E-state index is 12.3. The Labute approximate surface area is 118 Å². The molecule has 8 heteroatoms. The van der Waals surface area contributed by atoms with Gasteiger partial charge in [0.05, 0.1) is 18.6 Å². The molecule has 1 N–H and O–H groups in total. The van der Waals surface area contributed by atoms with Gasteiger partial charge in [-0.15, -0.1) is 0 Å². The van der Waals surface area contributed by atoms with Gasteiger partial charge in [-0.2, -0.15) is 26.3 Å². The molecule has 0 aromatic heterocycles. The third-order valence-corrected chi connectivity index (χ3v) is 3.05. The van der Waals surface area contributed by atoms with Crippen molar-refractivity contribution in [3.63, 3.8) is 0 Å². The van der Waals surface area contributed by atoms with Crippen LogP contribution < -0.4 is 0 Å². The highest BCUT2D eigenvalue weighted by Crippen LogP contribution is 2.31. The fourth-order valence-corrected chi connectivity index (χ4v) is 1.84. The van der Waals surface area contributed by atoms with Crippen molar-refractivity contribution < 1.29 is 36.2 Å².